The molecule has 1 aromatic heterocycles. The van der Waals surface area contributed by atoms with Crippen LogP contribution in [0.4, 0.5) is 18.9 Å². The Morgan fingerprint density at radius 1 is 1.44 bits per heavy atom. The van der Waals surface area contributed by atoms with Crippen LogP contribution in [0.2, 0.25) is 0 Å². The van der Waals surface area contributed by atoms with E-state index in [4.69, 9.17) is 10.0 Å². The average molecular weight is 267 g/mol. The van der Waals surface area contributed by atoms with Gasteiger partial charge in [-0.2, -0.15) is 18.3 Å². The highest BCUT2D eigenvalue weighted by Crippen LogP contribution is 2.34. The maximum Gasteiger partial charge on any atom is 0.515 e. The Labute approximate surface area is 99.1 Å². The van der Waals surface area contributed by atoms with E-state index in [1.54, 1.807) is 0 Å². The van der Waals surface area contributed by atoms with E-state index in [2.05, 4.69) is 5.10 Å². The van der Waals surface area contributed by atoms with Gasteiger partial charge in [-0.25, -0.2) is 0 Å². The van der Waals surface area contributed by atoms with Gasteiger partial charge in [-0.1, -0.05) is 0 Å². The van der Waals surface area contributed by atoms with Crippen LogP contribution < -0.4 is 5.59 Å². The van der Waals surface area contributed by atoms with E-state index in [1.165, 1.54) is 13.8 Å². The quantitative estimate of drug-likeness (QED) is 0.458. The minimum absolute atomic E-state index is 0.575. The summed E-state index contributed by atoms with van der Waals surface area (Å²) in [6.07, 6.45) is -5.05. The molecule has 0 radical (unpaired) electrons. The number of nitrogens with zero attached hydrogens (tertiary/aromatic N) is 3. The molecule has 1 heterocycles. The van der Waals surface area contributed by atoms with Gasteiger partial charge in [-0.3, -0.25) is 14.8 Å². The first-order valence-electron chi connectivity index (χ1n) is 4.77. The van der Waals surface area contributed by atoms with Gasteiger partial charge in [0.05, 0.1) is 4.92 Å². The number of hydrogen-bond acceptors (Lipinski definition) is 5. The van der Waals surface area contributed by atoms with Gasteiger partial charge in [0.2, 0.25) is 5.69 Å². The second-order valence-corrected chi connectivity index (χ2v) is 3.75. The van der Waals surface area contributed by atoms with Crippen molar-refractivity contribution in [2.24, 2.45) is 0 Å². The summed E-state index contributed by atoms with van der Waals surface area (Å²) in [5.74, 6) is 0. The lowest BCUT2D eigenvalue weighted by molar-refractivity contribution is -0.387. The van der Waals surface area contributed by atoms with Crippen molar-refractivity contribution in [1.82, 2.24) is 9.78 Å². The van der Waals surface area contributed by atoms with Gasteiger partial charge >= 0.3 is 19.0 Å². The highest BCUT2D eigenvalue weighted by atomic mass is 19.4. The van der Waals surface area contributed by atoms with Crippen LogP contribution in [0.3, 0.4) is 0 Å². The minimum atomic E-state index is -5.05. The Kier molecular flexibility index (Phi) is 3.67. The SMILES string of the molecule is CC(C)n1nc(C(F)(F)F)c([N+](=O)[O-])c1B(O)O. The van der Waals surface area contributed by atoms with Crippen LogP contribution in [0.25, 0.3) is 0 Å². The summed E-state index contributed by atoms with van der Waals surface area (Å²) in [6.45, 7) is 2.81. The lowest BCUT2D eigenvalue weighted by Gasteiger charge is -2.08. The third-order valence-electron chi connectivity index (χ3n) is 2.11. The number of nitro groups is 1. The molecular weight excluding hydrogens is 258 g/mol. The van der Waals surface area contributed by atoms with Gasteiger partial charge in [-0.05, 0) is 13.8 Å². The van der Waals surface area contributed by atoms with Crippen LogP contribution in [0.5, 0.6) is 0 Å². The van der Waals surface area contributed by atoms with E-state index in [1.807, 2.05) is 0 Å². The normalized spacial score (nSPS) is 12.0. The summed E-state index contributed by atoms with van der Waals surface area (Å²) in [5, 5.41) is 31.7. The molecule has 0 unspecified atom stereocenters. The molecule has 0 fully saturated rings. The van der Waals surface area contributed by atoms with Crippen molar-refractivity contribution in [3.05, 3.63) is 15.8 Å². The molecule has 0 aliphatic rings. The number of rotatable bonds is 3. The molecule has 1 rings (SSSR count). The van der Waals surface area contributed by atoms with Gasteiger partial charge in [0, 0.05) is 6.04 Å². The molecule has 11 heteroatoms. The fourth-order valence-electron chi connectivity index (χ4n) is 1.44. The summed E-state index contributed by atoms with van der Waals surface area (Å²) in [6, 6.07) is -0.698. The predicted octanol–water partition coefficient (Wildman–Crippen LogP) is 0.0708. The molecule has 18 heavy (non-hydrogen) atoms. The van der Waals surface area contributed by atoms with Crippen molar-refractivity contribution in [3.8, 4) is 0 Å². The smallest absolute Gasteiger partial charge is 0.422 e. The zero-order valence-corrected chi connectivity index (χ0v) is 9.34. The van der Waals surface area contributed by atoms with Crippen LogP contribution in [0.1, 0.15) is 25.6 Å². The summed E-state index contributed by atoms with van der Waals surface area (Å²) in [5.41, 5.74) is -4.07. The Hall–Kier alpha value is -1.62. The molecular formula is C7H9BF3N3O4. The maximum absolute atomic E-state index is 12.6. The first kappa shape index (κ1) is 14.4. The molecule has 100 valence electrons. The standard InChI is InChI=1S/C7H9BF3N3O4/c1-3(2)13-6(8(15)16)4(14(17)18)5(12-13)7(9,10)11/h3,15-16H,1-2H3. The lowest BCUT2D eigenvalue weighted by Crippen LogP contribution is -2.39. The van der Waals surface area contributed by atoms with Crippen LogP contribution in [0.15, 0.2) is 0 Å². The van der Waals surface area contributed by atoms with Crippen molar-refractivity contribution >= 4 is 18.4 Å². The van der Waals surface area contributed by atoms with Gasteiger partial charge in [-0.15, -0.1) is 0 Å². The van der Waals surface area contributed by atoms with Gasteiger partial charge in [0.15, 0.2) is 0 Å². The van der Waals surface area contributed by atoms with Crippen molar-refractivity contribution < 1.29 is 28.1 Å². The fraction of sp³-hybridized carbons (Fsp3) is 0.571. The van der Waals surface area contributed by atoms with Gasteiger partial charge in [0.1, 0.15) is 5.59 Å². The minimum Gasteiger partial charge on any atom is -0.422 e. The Morgan fingerprint density at radius 2 is 1.94 bits per heavy atom. The van der Waals surface area contributed by atoms with Crippen LogP contribution >= 0.6 is 0 Å². The third-order valence-corrected chi connectivity index (χ3v) is 2.11. The zero-order valence-electron chi connectivity index (χ0n) is 9.34. The monoisotopic (exact) mass is 267 g/mol. The van der Waals surface area contributed by atoms with Crippen molar-refractivity contribution in [2.75, 3.05) is 0 Å². The molecule has 7 nitrogen and oxygen atoms in total. The number of halogens is 3. The van der Waals surface area contributed by atoms with E-state index in [9.17, 15) is 23.3 Å². The third kappa shape index (κ3) is 2.46. The Bertz CT molecular complexity index is 471. The molecule has 0 aromatic carbocycles. The Morgan fingerprint density at radius 3 is 2.22 bits per heavy atom. The molecule has 0 atom stereocenters. The highest BCUT2D eigenvalue weighted by Gasteiger charge is 2.47. The summed E-state index contributed by atoms with van der Waals surface area (Å²) in [4.78, 5) is 9.33. The molecule has 0 saturated heterocycles. The molecule has 0 aliphatic carbocycles. The molecule has 0 amide bonds. The number of alkyl halides is 3. The van der Waals surface area contributed by atoms with Crippen LogP contribution in [0, 0.1) is 10.1 Å². The summed E-state index contributed by atoms with van der Waals surface area (Å²) < 4.78 is 38.3. The molecule has 1 aromatic rings. The molecule has 0 spiro atoms. The lowest BCUT2D eigenvalue weighted by atomic mass is 9.84. The van der Waals surface area contributed by atoms with Crippen molar-refractivity contribution in [3.63, 3.8) is 0 Å². The molecule has 0 aliphatic heterocycles. The fourth-order valence-corrected chi connectivity index (χ4v) is 1.44. The average Bonchev–Trinajstić information content (AvgIpc) is 2.55. The first-order valence-corrected chi connectivity index (χ1v) is 4.77. The molecule has 0 bridgehead atoms. The summed E-state index contributed by atoms with van der Waals surface area (Å²) >= 11 is 0. The molecule has 2 N–H and O–H groups in total. The van der Waals surface area contributed by atoms with Gasteiger partial charge < -0.3 is 10.0 Å². The molecule has 0 saturated carbocycles. The second kappa shape index (κ2) is 4.57. The van der Waals surface area contributed by atoms with Crippen molar-refractivity contribution in [1.29, 1.82) is 0 Å². The maximum atomic E-state index is 12.6. The van der Waals surface area contributed by atoms with Crippen LogP contribution in [-0.2, 0) is 6.18 Å². The number of aromatic nitrogens is 2. The number of hydrogen-bond donors (Lipinski definition) is 2. The van der Waals surface area contributed by atoms with E-state index < -0.39 is 41.2 Å². The van der Waals surface area contributed by atoms with E-state index in [-0.39, 0.29) is 0 Å². The van der Waals surface area contributed by atoms with E-state index in [0.717, 1.165) is 0 Å². The van der Waals surface area contributed by atoms with Crippen molar-refractivity contribution in [2.45, 2.75) is 26.1 Å². The van der Waals surface area contributed by atoms with Gasteiger partial charge in [0.25, 0.3) is 0 Å². The van der Waals surface area contributed by atoms with E-state index in [0.29, 0.717) is 4.68 Å². The summed E-state index contributed by atoms with van der Waals surface area (Å²) in [7, 11) is -2.42. The topological polar surface area (TPSA) is 101 Å². The predicted molar refractivity (Wildman–Crippen MR) is 54.1 cm³/mol. The van der Waals surface area contributed by atoms with Crippen LogP contribution in [-0.4, -0.2) is 31.9 Å². The second-order valence-electron chi connectivity index (χ2n) is 3.75. The van der Waals surface area contributed by atoms with E-state index >= 15 is 0 Å². The largest absolute Gasteiger partial charge is 0.515 e. The Balaban J connectivity index is 3.65. The highest BCUT2D eigenvalue weighted by molar-refractivity contribution is 6.59. The first-order chi connectivity index (χ1) is 8.07. The zero-order chi connectivity index (χ0) is 14.2.